The molecule has 0 saturated heterocycles. The van der Waals surface area contributed by atoms with Crippen molar-refractivity contribution in [2.45, 2.75) is 103 Å². The highest BCUT2D eigenvalue weighted by molar-refractivity contribution is 6.03. The number of alkyl carbamates (subject to hydrolysis) is 1. The molecule has 0 heterocycles. The van der Waals surface area contributed by atoms with Crippen LogP contribution < -0.4 is 10.6 Å². The minimum atomic E-state index is -1.48. The van der Waals surface area contributed by atoms with E-state index in [1.165, 1.54) is 14.0 Å². The van der Waals surface area contributed by atoms with Crippen LogP contribution in [0, 0.1) is 5.92 Å². The molecular formula is C30H47N3O9. The van der Waals surface area contributed by atoms with Gasteiger partial charge in [-0.1, -0.05) is 50.6 Å². The molecule has 42 heavy (non-hydrogen) atoms. The lowest BCUT2D eigenvalue weighted by Crippen LogP contribution is -2.61. The zero-order chi connectivity index (χ0) is 32.0. The molecule has 1 rings (SSSR count). The molecule has 0 saturated carbocycles. The van der Waals surface area contributed by atoms with Crippen molar-refractivity contribution in [3.63, 3.8) is 0 Å². The van der Waals surface area contributed by atoms with Gasteiger partial charge in [-0.05, 0) is 52.0 Å². The first kappa shape index (κ1) is 36.5. The molecule has 0 spiro atoms. The highest BCUT2D eigenvalue weighted by atomic mass is 16.6. The van der Waals surface area contributed by atoms with Crippen LogP contribution in [-0.4, -0.2) is 88.4 Å². The Kier molecular flexibility index (Phi) is 15.2. The lowest BCUT2D eigenvalue weighted by molar-refractivity contribution is -0.155. The predicted molar refractivity (Wildman–Crippen MR) is 155 cm³/mol. The van der Waals surface area contributed by atoms with Gasteiger partial charge >= 0.3 is 12.1 Å². The van der Waals surface area contributed by atoms with E-state index in [0.717, 1.165) is 4.90 Å². The molecule has 0 aliphatic carbocycles. The van der Waals surface area contributed by atoms with Gasteiger partial charge in [0.1, 0.15) is 23.7 Å². The van der Waals surface area contributed by atoms with Crippen molar-refractivity contribution < 1.29 is 43.7 Å². The van der Waals surface area contributed by atoms with E-state index in [1.54, 1.807) is 65.0 Å². The van der Waals surface area contributed by atoms with Gasteiger partial charge in [0.15, 0.2) is 0 Å². The second-order valence-corrected chi connectivity index (χ2v) is 11.4. The van der Waals surface area contributed by atoms with Gasteiger partial charge in [-0.25, -0.2) is 4.79 Å². The van der Waals surface area contributed by atoms with Crippen molar-refractivity contribution in [3.8, 4) is 0 Å². The molecule has 1 aromatic rings. The molecular weight excluding hydrogens is 546 g/mol. The van der Waals surface area contributed by atoms with Crippen molar-refractivity contribution >= 4 is 29.8 Å². The number of imide groups is 1. The van der Waals surface area contributed by atoms with Crippen LogP contribution in [-0.2, 0) is 35.1 Å². The average molecular weight is 594 g/mol. The van der Waals surface area contributed by atoms with E-state index in [0.29, 0.717) is 25.0 Å². The Morgan fingerprint density at radius 3 is 2.17 bits per heavy atom. The fraction of sp³-hybridized carbons (Fsp3) is 0.633. The number of methoxy groups -OCH3 is 1. The summed E-state index contributed by atoms with van der Waals surface area (Å²) >= 11 is 0. The SMILES string of the molecule is CC[C@H](C)[C@@H](NC(=O)OC(C)(C)C)C(=O)N(C(=O)C[C@@H](O)CCCOC)[C@@H](Cc1ccccc1)C(=O)N[C@@H](C)C(=O)O. The third kappa shape index (κ3) is 12.6. The summed E-state index contributed by atoms with van der Waals surface area (Å²) in [5, 5.41) is 24.9. The van der Waals surface area contributed by atoms with Crippen LogP contribution in [0.3, 0.4) is 0 Å². The van der Waals surface area contributed by atoms with Crippen molar-refractivity contribution in [3.05, 3.63) is 35.9 Å². The number of amides is 4. The van der Waals surface area contributed by atoms with E-state index in [-0.39, 0.29) is 12.8 Å². The molecule has 0 aliphatic rings. The summed E-state index contributed by atoms with van der Waals surface area (Å²) in [5.74, 6) is -4.37. The van der Waals surface area contributed by atoms with Crippen LogP contribution in [0.1, 0.15) is 72.8 Å². The summed E-state index contributed by atoms with van der Waals surface area (Å²) in [6.45, 7) is 10.1. The highest BCUT2D eigenvalue weighted by Gasteiger charge is 2.41. The maximum Gasteiger partial charge on any atom is 0.408 e. The summed E-state index contributed by atoms with van der Waals surface area (Å²) < 4.78 is 10.4. The van der Waals surface area contributed by atoms with E-state index in [9.17, 15) is 34.2 Å². The number of rotatable bonds is 16. The van der Waals surface area contributed by atoms with Crippen LogP contribution in [0.25, 0.3) is 0 Å². The van der Waals surface area contributed by atoms with Crippen molar-refractivity contribution in [1.82, 2.24) is 15.5 Å². The van der Waals surface area contributed by atoms with E-state index in [1.807, 2.05) is 0 Å². The number of carboxylic acid groups (broad SMARTS) is 1. The number of aliphatic hydroxyl groups excluding tert-OH is 1. The first-order chi connectivity index (χ1) is 19.6. The first-order valence-electron chi connectivity index (χ1n) is 14.2. The van der Waals surface area contributed by atoms with E-state index >= 15 is 0 Å². The number of nitrogens with zero attached hydrogens (tertiary/aromatic N) is 1. The number of carboxylic acids is 1. The highest BCUT2D eigenvalue weighted by Crippen LogP contribution is 2.20. The zero-order valence-corrected chi connectivity index (χ0v) is 25.7. The molecule has 12 nitrogen and oxygen atoms in total. The summed E-state index contributed by atoms with van der Waals surface area (Å²) in [7, 11) is 1.51. The molecule has 236 valence electrons. The van der Waals surface area contributed by atoms with Gasteiger partial charge in [0.2, 0.25) is 11.8 Å². The number of carbonyl (C=O) groups excluding carboxylic acids is 4. The Balaban J connectivity index is 3.62. The third-order valence-corrected chi connectivity index (χ3v) is 6.57. The Morgan fingerprint density at radius 2 is 1.64 bits per heavy atom. The standard InChI is InChI=1S/C30H47N3O9/c1-8-19(2)25(32-29(40)42-30(4,5)6)27(37)33(24(35)18-22(34)15-12-16-41-7)23(17-21-13-10-9-11-14-21)26(36)31-20(3)28(38)39/h9-11,13-14,19-20,22-23,25,34H,8,12,15-18H2,1-7H3,(H,31,36)(H,32,40)(H,38,39)/t19-,20-,22-,23-,25+/m0/s1. The summed E-state index contributed by atoms with van der Waals surface area (Å²) in [6.07, 6.45) is -1.53. The maximum absolute atomic E-state index is 14.2. The number of benzene rings is 1. The Bertz CT molecular complexity index is 1040. The lowest BCUT2D eigenvalue weighted by Gasteiger charge is -2.35. The second-order valence-electron chi connectivity index (χ2n) is 11.4. The monoisotopic (exact) mass is 593 g/mol. The normalized spacial score (nSPS) is 15.0. The average Bonchev–Trinajstić information content (AvgIpc) is 2.90. The van der Waals surface area contributed by atoms with Gasteiger partial charge in [-0.3, -0.25) is 24.1 Å². The molecule has 0 aliphatic heterocycles. The number of aliphatic hydroxyl groups is 1. The van der Waals surface area contributed by atoms with Gasteiger partial charge in [-0.15, -0.1) is 0 Å². The number of hydrogen-bond acceptors (Lipinski definition) is 8. The largest absolute Gasteiger partial charge is 0.480 e. The van der Waals surface area contributed by atoms with Gasteiger partial charge in [-0.2, -0.15) is 0 Å². The number of aliphatic carboxylic acids is 1. The van der Waals surface area contributed by atoms with E-state index < -0.39 is 72.0 Å². The molecule has 5 atom stereocenters. The van der Waals surface area contributed by atoms with Crippen molar-refractivity contribution in [2.75, 3.05) is 13.7 Å². The minimum Gasteiger partial charge on any atom is -0.480 e. The van der Waals surface area contributed by atoms with Crippen LogP contribution in [0.4, 0.5) is 4.79 Å². The van der Waals surface area contributed by atoms with Gasteiger partial charge in [0, 0.05) is 20.1 Å². The van der Waals surface area contributed by atoms with Crippen LogP contribution in [0.2, 0.25) is 0 Å². The smallest absolute Gasteiger partial charge is 0.408 e. The minimum absolute atomic E-state index is 0.129. The fourth-order valence-electron chi connectivity index (χ4n) is 4.09. The van der Waals surface area contributed by atoms with Gasteiger partial charge < -0.3 is 30.3 Å². The van der Waals surface area contributed by atoms with Crippen molar-refractivity contribution in [1.29, 1.82) is 0 Å². The molecule has 4 N–H and O–H groups in total. The van der Waals surface area contributed by atoms with E-state index in [2.05, 4.69) is 10.6 Å². The summed E-state index contributed by atoms with van der Waals surface area (Å²) in [6, 6.07) is 4.58. The molecule has 0 bridgehead atoms. The van der Waals surface area contributed by atoms with Crippen LogP contribution in [0.15, 0.2) is 30.3 Å². The number of carbonyl (C=O) groups is 5. The molecule has 0 fully saturated rings. The zero-order valence-electron chi connectivity index (χ0n) is 25.7. The topological polar surface area (TPSA) is 172 Å². The molecule has 0 aromatic heterocycles. The molecule has 0 radical (unpaired) electrons. The lowest BCUT2D eigenvalue weighted by atomic mass is 9.95. The maximum atomic E-state index is 14.2. The molecule has 4 amide bonds. The third-order valence-electron chi connectivity index (χ3n) is 6.57. The molecule has 12 heteroatoms. The first-order valence-corrected chi connectivity index (χ1v) is 14.2. The van der Waals surface area contributed by atoms with Gasteiger partial charge in [0.05, 0.1) is 12.5 Å². The Labute approximate surface area is 248 Å². The number of ether oxygens (including phenoxy) is 2. The molecule has 1 aromatic carbocycles. The Morgan fingerprint density at radius 1 is 1.02 bits per heavy atom. The van der Waals surface area contributed by atoms with Crippen LogP contribution in [0.5, 0.6) is 0 Å². The predicted octanol–water partition coefficient (Wildman–Crippen LogP) is 2.66. The summed E-state index contributed by atoms with van der Waals surface area (Å²) in [4.78, 5) is 66.6. The quantitative estimate of drug-likeness (QED) is 0.210. The van der Waals surface area contributed by atoms with Crippen LogP contribution >= 0.6 is 0 Å². The Hall–Kier alpha value is -3.51. The second kappa shape index (κ2) is 17.4. The van der Waals surface area contributed by atoms with Gasteiger partial charge in [0.25, 0.3) is 5.91 Å². The van der Waals surface area contributed by atoms with E-state index in [4.69, 9.17) is 9.47 Å². The van der Waals surface area contributed by atoms with Crippen molar-refractivity contribution in [2.24, 2.45) is 5.92 Å². The summed E-state index contributed by atoms with van der Waals surface area (Å²) in [5.41, 5.74) is -0.260. The molecule has 0 unspecified atom stereocenters. The number of nitrogens with one attached hydrogen (secondary N) is 2. The fourth-order valence-corrected chi connectivity index (χ4v) is 4.09. The number of hydrogen-bond donors (Lipinski definition) is 4.